The molecule has 4 nitrogen and oxygen atoms in total. The Morgan fingerprint density at radius 2 is 2.12 bits per heavy atom. The third-order valence-corrected chi connectivity index (χ3v) is 2.77. The van der Waals surface area contributed by atoms with Crippen LogP contribution in [-0.4, -0.2) is 22.6 Å². The van der Waals surface area contributed by atoms with Crippen LogP contribution in [-0.2, 0) is 6.42 Å². The van der Waals surface area contributed by atoms with Gasteiger partial charge in [-0.05, 0) is 12.8 Å². The standard InChI is InChI=1S/C13H24N4/c1-3-5-7-12(9-14)17-13-8-11(6-4-2)15-10-16-13/h8,10,12H,3-7,9,14H2,1-2H3,(H,15,16,17). The first-order chi connectivity index (χ1) is 8.30. The van der Waals surface area contributed by atoms with E-state index in [4.69, 9.17) is 5.73 Å². The maximum Gasteiger partial charge on any atom is 0.129 e. The topological polar surface area (TPSA) is 63.8 Å². The summed E-state index contributed by atoms with van der Waals surface area (Å²) in [5, 5.41) is 3.39. The predicted molar refractivity (Wildman–Crippen MR) is 72.0 cm³/mol. The molecule has 0 bridgehead atoms. The highest BCUT2D eigenvalue weighted by molar-refractivity contribution is 5.36. The number of rotatable bonds is 8. The number of aromatic nitrogens is 2. The fourth-order valence-corrected chi connectivity index (χ4v) is 1.78. The van der Waals surface area contributed by atoms with E-state index in [9.17, 15) is 0 Å². The van der Waals surface area contributed by atoms with Crippen LogP contribution in [0.25, 0.3) is 0 Å². The fraction of sp³-hybridized carbons (Fsp3) is 0.692. The summed E-state index contributed by atoms with van der Waals surface area (Å²) in [5.74, 6) is 0.898. The Kier molecular flexibility index (Phi) is 6.55. The first-order valence-electron chi connectivity index (χ1n) is 6.57. The van der Waals surface area contributed by atoms with Crippen LogP contribution in [0.3, 0.4) is 0 Å². The van der Waals surface area contributed by atoms with Gasteiger partial charge in [-0.25, -0.2) is 9.97 Å². The van der Waals surface area contributed by atoms with Gasteiger partial charge in [0.1, 0.15) is 12.1 Å². The van der Waals surface area contributed by atoms with E-state index >= 15 is 0 Å². The van der Waals surface area contributed by atoms with Crippen molar-refractivity contribution in [1.29, 1.82) is 0 Å². The highest BCUT2D eigenvalue weighted by Crippen LogP contribution is 2.10. The number of nitrogens with two attached hydrogens (primary N) is 1. The van der Waals surface area contributed by atoms with E-state index in [2.05, 4.69) is 29.1 Å². The van der Waals surface area contributed by atoms with Crippen molar-refractivity contribution in [3.8, 4) is 0 Å². The zero-order valence-electron chi connectivity index (χ0n) is 10.9. The number of hydrogen-bond acceptors (Lipinski definition) is 4. The average molecular weight is 236 g/mol. The van der Waals surface area contributed by atoms with E-state index in [1.807, 2.05) is 6.07 Å². The molecule has 0 aliphatic carbocycles. The van der Waals surface area contributed by atoms with Crippen molar-refractivity contribution in [2.24, 2.45) is 5.73 Å². The Labute approximate surface area is 104 Å². The van der Waals surface area contributed by atoms with Gasteiger partial charge in [-0.3, -0.25) is 0 Å². The van der Waals surface area contributed by atoms with Gasteiger partial charge in [-0.2, -0.15) is 0 Å². The quantitative estimate of drug-likeness (QED) is 0.727. The number of nitrogens with one attached hydrogen (secondary N) is 1. The van der Waals surface area contributed by atoms with Gasteiger partial charge in [0.15, 0.2) is 0 Å². The van der Waals surface area contributed by atoms with E-state index in [0.29, 0.717) is 12.6 Å². The predicted octanol–water partition coefficient (Wildman–Crippen LogP) is 2.36. The molecule has 0 saturated carbocycles. The Morgan fingerprint density at radius 3 is 2.76 bits per heavy atom. The maximum atomic E-state index is 5.75. The molecule has 0 amide bonds. The SMILES string of the molecule is CCCCC(CN)Nc1cc(CCC)ncn1. The molecule has 0 aromatic carbocycles. The summed E-state index contributed by atoms with van der Waals surface area (Å²) in [6, 6.07) is 2.34. The summed E-state index contributed by atoms with van der Waals surface area (Å²) >= 11 is 0. The number of unbranched alkanes of at least 4 members (excludes halogenated alkanes) is 1. The molecule has 1 heterocycles. The highest BCUT2D eigenvalue weighted by Gasteiger charge is 2.07. The summed E-state index contributed by atoms with van der Waals surface area (Å²) < 4.78 is 0. The molecule has 1 unspecified atom stereocenters. The maximum absolute atomic E-state index is 5.75. The molecule has 3 N–H and O–H groups in total. The van der Waals surface area contributed by atoms with Crippen molar-refractivity contribution in [1.82, 2.24) is 9.97 Å². The molecule has 0 aliphatic heterocycles. The van der Waals surface area contributed by atoms with Crippen LogP contribution in [0.2, 0.25) is 0 Å². The van der Waals surface area contributed by atoms with Gasteiger partial charge >= 0.3 is 0 Å². The van der Waals surface area contributed by atoms with Crippen LogP contribution in [0.15, 0.2) is 12.4 Å². The second-order valence-electron chi connectivity index (χ2n) is 4.36. The fourth-order valence-electron chi connectivity index (χ4n) is 1.78. The van der Waals surface area contributed by atoms with Crippen molar-refractivity contribution in [2.45, 2.75) is 52.0 Å². The zero-order chi connectivity index (χ0) is 12.5. The molecule has 0 aliphatic rings. The van der Waals surface area contributed by atoms with E-state index in [1.54, 1.807) is 6.33 Å². The minimum absolute atomic E-state index is 0.319. The Hall–Kier alpha value is -1.16. The van der Waals surface area contributed by atoms with Crippen molar-refractivity contribution < 1.29 is 0 Å². The van der Waals surface area contributed by atoms with Crippen molar-refractivity contribution >= 4 is 5.82 Å². The van der Waals surface area contributed by atoms with E-state index < -0.39 is 0 Å². The van der Waals surface area contributed by atoms with Crippen LogP contribution in [0, 0.1) is 0 Å². The number of anilines is 1. The van der Waals surface area contributed by atoms with Gasteiger partial charge in [0.2, 0.25) is 0 Å². The van der Waals surface area contributed by atoms with Crippen LogP contribution in [0.5, 0.6) is 0 Å². The molecule has 1 atom stereocenters. The van der Waals surface area contributed by atoms with Crippen LogP contribution < -0.4 is 11.1 Å². The molecule has 0 fully saturated rings. The molecule has 1 rings (SSSR count). The first-order valence-corrected chi connectivity index (χ1v) is 6.57. The normalized spacial score (nSPS) is 12.4. The molecule has 0 radical (unpaired) electrons. The second-order valence-corrected chi connectivity index (χ2v) is 4.36. The molecule has 0 spiro atoms. The summed E-state index contributed by atoms with van der Waals surface area (Å²) in [6.45, 7) is 4.99. The molecule has 4 heteroatoms. The number of aryl methyl sites for hydroxylation is 1. The van der Waals surface area contributed by atoms with E-state index in [0.717, 1.165) is 30.8 Å². The Bertz CT molecular complexity index is 314. The number of hydrogen-bond donors (Lipinski definition) is 2. The molecule has 0 saturated heterocycles. The average Bonchev–Trinajstić information content (AvgIpc) is 2.35. The van der Waals surface area contributed by atoms with Crippen molar-refractivity contribution in [3.63, 3.8) is 0 Å². The lowest BCUT2D eigenvalue weighted by molar-refractivity contribution is 0.612. The van der Waals surface area contributed by atoms with Gasteiger partial charge in [0, 0.05) is 24.3 Å². The van der Waals surface area contributed by atoms with Gasteiger partial charge in [0.05, 0.1) is 0 Å². The molecule has 96 valence electrons. The van der Waals surface area contributed by atoms with Crippen LogP contribution in [0.1, 0.15) is 45.2 Å². The molecule has 17 heavy (non-hydrogen) atoms. The number of nitrogens with zero attached hydrogens (tertiary/aromatic N) is 2. The van der Waals surface area contributed by atoms with Gasteiger partial charge in [-0.15, -0.1) is 0 Å². The Balaban J connectivity index is 2.55. The smallest absolute Gasteiger partial charge is 0.129 e. The molecule has 1 aromatic heterocycles. The van der Waals surface area contributed by atoms with Crippen LogP contribution in [0.4, 0.5) is 5.82 Å². The summed E-state index contributed by atoms with van der Waals surface area (Å²) in [7, 11) is 0. The highest BCUT2D eigenvalue weighted by atomic mass is 15.0. The summed E-state index contributed by atoms with van der Waals surface area (Å²) in [5.41, 5.74) is 6.85. The lowest BCUT2D eigenvalue weighted by Gasteiger charge is -2.17. The summed E-state index contributed by atoms with van der Waals surface area (Å²) in [6.07, 6.45) is 7.22. The zero-order valence-corrected chi connectivity index (χ0v) is 10.9. The molecular weight excluding hydrogens is 212 g/mol. The minimum atomic E-state index is 0.319. The molecular formula is C13H24N4. The van der Waals surface area contributed by atoms with E-state index in [-0.39, 0.29) is 0 Å². The lowest BCUT2D eigenvalue weighted by atomic mass is 10.1. The summed E-state index contributed by atoms with van der Waals surface area (Å²) in [4.78, 5) is 8.48. The minimum Gasteiger partial charge on any atom is -0.366 e. The largest absolute Gasteiger partial charge is 0.366 e. The lowest BCUT2D eigenvalue weighted by Crippen LogP contribution is -2.29. The third kappa shape index (κ3) is 5.13. The van der Waals surface area contributed by atoms with Crippen molar-refractivity contribution in [2.75, 3.05) is 11.9 Å². The van der Waals surface area contributed by atoms with Gasteiger partial charge < -0.3 is 11.1 Å². The van der Waals surface area contributed by atoms with E-state index in [1.165, 1.54) is 12.8 Å². The van der Waals surface area contributed by atoms with Gasteiger partial charge in [0.25, 0.3) is 0 Å². The van der Waals surface area contributed by atoms with Gasteiger partial charge in [-0.1, -0.05) is 33.1 Å². The monoisotopic (exact) mass is 236 g/mol. The first kappa shape index (κ1) is 13.9. The molecule has 1 aromatic rings. The van der Waals surface area contributed by atoms with Crippen molar-refractivity contribution in [3.05, 3.63) is 18.1 Å². The Morgan fingerprint density at radius 1 is 1.29 bits per heavy atom. The third-order valence-electron chi connectivity index (χ3n) is 2.77. The second kappa shape index (κ2) is 8.01. The van der Waals surface area contributed by atoms with Crippen LogP contribution >= 0.6 is 0 Å².